The van der Waals surface area contributed by atoms with E-state index in [2.05, 4.69) is 0 Å². The van der Waals surface area contributed by atoms with Gasteiger partial charge in [0.2, 0.25) is 0 Å². The maximum Gasteiger partial charge on any atom is 0.123 e. The monoisotopic (exact) mass is 259 g/mol. The Hall–Kier alpha value is -1.87. The Morgan fingerprint density at radius 1 is 1.11 bits per heavy atom. The molecule has 2 N–H and O–H groups in total. The number of hydrogen-bond acceptors (Lipinski definition) is 2. The highest BCUT2D eigenvalue weighted by Crippen LogP contribution is 2.27. The average Bonchev–Trinajstić information content (AvgIpc) is 2.39. The van der Waals surface area contributed by atoms with Gasteiger partial charge in [0.25, 0.3) is 0 Å². The van der Waals surface area contributed by atoms with Gasteiger partial charge >= 0.3 is 0 Å². The van der Waals surface area contributed by atoms with Crippen LogP contribution >= 0.6 is 0 Å². The van der Waals surface area contributed by atoms with Crippen LogP contribution in [-0.4, -0.2) is 7.11 Å². The van der Waals surface area contributed by atoms with E-state index in [9.17, 15) is 4.39 Å². The van der Waals surface area contributed by atoms with E-state index in [1.165, 1.54) is 12.1 Å². The summed E-state index contributed by atoms with van der Waals surface area (Å²) < 4.78 is 18.3. The lowest BCUT2D eigenvalue weighted by molar-refractivity contribution is 0.399. The summed E-state index contributed by atoms with van der Waals surface area (Å²) >= 11 is 0. The highest BCUT2D eigenvalue weighted by atomic mass is 19.1. The van der Waals surface area contributed by atoms with Gasteiger partial charge in [-0.1, -0.05) is 30.3 Å². The minimum atomic E-state index is -0.567. The first kappa shape index (κ1) is 13.6. The van der Waals surface area contributed by atoms with Crippen molar-refractivity contribution in [1.82, 2.24) is 0 Å². The molecular formula is C16H18FNO. The van der Waals surface area contributed by atoms with Crippen molar-refractivity contribution in [2.45, 2.75) is 18.9 Å². The number of rotatable bonds is 4. The second kappa shape index (κ2) is 5.41. The van der Waals surface area contributed by atoms with Crippen LogP contribution in [0.15, 0.2) is 48.5 Å². The molecule has 0 aliphatic carbocycles. The molecule has 1 atom stereocenters. The summed E-state index contributed by atoms with van der Waals surface area (Å²) in [6.07, 6.45) is 0.628. The number of nitrogens with two attached hydrogens (primary N) is 1. The van der Waals surface area contributed by atoms with Crippen molar-refractivity contribution in [2.75, 3.05) is 7.11 Å². The molecule has 0 aromatic heterocycles. The molecule has 0 aliphatic heterocycles. The third-order valence-electron chi connectivity index (χ3n) is 3.25. The maximum atomic E-state index is 13.0. The number of para-hydroxylation sites is 1. The highest BCUT2D eigenvalue weighted by molar-refractivity contribution is 5.36. The van der Waals surface area contributed by atoms with E-state index in [4.69, 9.17) is 10.5 Å². The molecule has 0 saturated heterocycles. The molecule has 0 radical (unpaired) electrons. The molecule has 0 bridgehead atoms. The summed E-state index contributed by atoms with van der Waals surface area (Å²) in [5.74, 6) is 0.568. The molecular weight excluding hydrogens is 241 g/mol. The van der Waals surface area contributed by atoms with E-state index >= 15 is 0 Å². The topological polar surface area (TPSA) is 35.2 Å². The number of methoxy groups -OCH3 is 1. The van der Waals surface area contributed by atoms with Crippen LogP contribution in [0, 0.1) is 5.82 Å². The molecule has 2 nitrogen and oxygen atoms in total. The van der Waals surface area contributed by atoms with Crippen LogP contribution in [0.1, 0.15) is 18.1 Å². The van der Waals surface area contributed by atoms with E-state index in [-0.39, 0.29) is 5.82 Å². The Morgan fingerprint density at radius 3 is 2.37 bits per heavy atom. The van der Waals surface area contributed by atoms with E-state index in [0.29, 0.717) is 6.42 Å². The number of benzene rings is 2. The molecule has 0 aliphatic rings. The number of hydrogen-bond donors (Lipinski definition) is 1. The van der Waals surface area contributed by atoms with Crippen molar-refractivity contribution in [1.29, 1.82) is 0 Å². The molecule has 2 rings (SSSR count). The molecule has 2 aromatic carbocycles. The minimum Gasteiger partial charge on any atom is -0.496 e. The molecule has 100 valence electrons. The van der Waals surface area contributed by atoms with Crippen LogP contribution in [-0.2, 0) is 12.0 Å². The second-order valence-electron chi connectivity index (χ2n) is 4.91. The Morgan fingerprint density at radius 2 is 1.74 bits per heavy atom. The minimum absolute atomic E-state index is 0.253. The summed E-state index contributed by atoms with van der Waals surface area (Å²) in [5.41, 5.74) is 7.74. The van der Waals surface area contributed by atoms with E-state index in [0.717, 1.165) is 16.9 Å². The fourth-order valence-electron chi connectivity index (χ4n) is 2.18. The first-order valence-corrected chi connectivity index (χ1v) is 6.20. The molecule has 1 unspecified atom stereocenters. The fraction of sp³-hybridized carbons (Fsp3) is 0.250. The normalized spacial score (nSPS) is 13.9. The lowest BCUT2D eigenvalue weighted by Crippen LogP contribution is -2.35. The van der Waals surface area contributed by atoms with Crippen LogP contribution in [0.4, 0.5) is 4.39 Å². The van der Waals surface area contributed by atoms with Crippen molar-refractivity contribution in [3.8, 4) is 5.75 Å². The van der Waals surface area contributed by atoms with Gasteiger partial charge in [0.05, 0.1) is 7.11 Å². The van der Waals surface area contributed by atoms with Gasteiger partial charge in [0, 0.05) is 5.54 Å². The first-order valence-electron chi connectivity index (χ1n) is 6.20. The zero-order valence-corrected chi connectivity index (χ0v) is 11.2. The van der Waals surface area contributed by atoms with E-state index < -0.39 is 5.54 Å². The highest BCUT2D eigenvalue weighted by Gasteiger charge is 2.23. The summed E-state index contributed by atoms with van der Waals surface area (Å²) in [6.45, 7) is 1.94. The second-order valence-corrected chi connectivity index (χ2v) is 4.91. The van der Waals surface area contributed by atoms with Gasteiger partial charge in [-0.05, 0) is 42.7 Å². The van der Waals surface area contributed by atoms with Crippen molar-refractivity contribution < 1.29 is 9.13 Å². The third kappa shape index (κ3) is 3.12. The molecule has 3 heteroatoms. The lowest BCUT2D eigenvalue weighted by atomic mass is 9.86. The first-order chi connectivity index (χ1) is 9.03. The molecule has 0 spiro atoms. The van der Waals surface area contributed by atoms with E-state index in [1.807, 2.05) is 31.2 Å². The van der Waals surface area contributed by atoms with Gasteiger partial charge in [-0.3, -0.25) is 0 Å². The van der Waals surface area contributed by atoms with Crippen LogP contribution in [0.3, 0.4) is 0 Å². The van der Waals surface area contributed by atoms with Gasteiger partial charge in [-0.25, -0.2) is 4.39 Å². The number of ether oxygens (including phenoxy) is 1. The lowest BCUT2D eigenvalue weighted by Gasteiger charge is -2.26. The Balaban J connectivity index is 2.27. The number of halogens is 1. The van der Waals surface area contributed by atoms with Gasteiger partial charge in [-0.2, -0.15) is 0 Å². The van der Waals surface area contributed by atoms with Crippen LogP contribution in [0.5, 0.6) is 5.75 Å². The zero-order valence-electron chi connectivity index (χ0n) is 11.2. The standard InChI is InChI=1S/C16H18FNO/c1-16(18,13-7-9-14(17)10-8-13)11-12-5-3-4-6-15(12)19-2/h3-10H,11,18H2,1-2H3. The summed E-state index contributed by atoms with van der Waals surface area (Å²) in [4.78, 5) is 0. The molecule has 19 heavy (non-hydrogen) atoms. The van der Waals surface area contributed by atoms with E-state index in [1.54, 1.807) is 19.2 Å². The fourth-order valence-corrected chi connectivity index (χ4v) is 2.18. The summed E-state index contributed by atoms with van der Waals surface area (Å²) in [7, 11) is 1.64. The average molecular weight is 259 g/mol. The maximum absolute atomic E-state index is 13.0. The zero-order chi connectivity index (χ0) is 13.9. The van der Waals surface area contributed by atoms with Gasteiger partial charge in [0.15, 0.2) is 0 Å². The van der Waals surface area contributed by atoms with Crippen LogP contribution in [0.25, 0.3) is 0 Å². The molecule has 0 fully saturated rings. The quantitative estimate of drug-likeness (QED) is 0.914. The van der Waals surface area contributed by atoms with Crippen molar-refractivity contribution in [3.63, 3.8) is 0 Å². The Labute approximate surface area is 113 Å². The SMILES string of the molecule is COc1ccccc1CC(C)(N)c1ccc(F)cc1. The molecule has 0 heterocycles. The van der Waals surface area contributed by atoms with Crippen LogP contribution < -0.4 is 10.5 Å². The van der Waals surface area contributed by atoms with Crippen molar-refractivity contribution in [2.24, 2.45) is 5.73 Å². The van der Waals surface area contributed by atoms with Gasteiger partial charge in [0.1, 0.15) is 11.6 Å². The Bertz CT molecular complexity index is 549. The molecule has 0 saturated carbocycles. The smallest absolute Gasteiger partial charge is 0.123 e. The predicted octanol–water partition coefficient (Wildman–Crippen LogP) is 3.25. The van der Waals surface area contributed by atoms with Gasteiger partial charge in [-0.15, -0.1) is 0 Å². The van der Waals surface area contributed by atoms with Gasteiger partial charge < -0.3 is 10.5 Å². The third-order valence-corrected chi connectivity index (χ3v) is 3.25. The Kier molecular flexibility index (Phi) is 3.86. The summed E-state index contributed by atoms with van der Waals surface area (Å²) in [5, 5.41) is 0. The van der Waals surface area contributed by atoms with Crippen molar-refractivity contribution in [3.05, 3.63) is 65.5 Å². The predicted molar refractivity (Wildman–Crippen MR) is 74.6 cm³/mol. The largest absolute Gasteiger partial charge is 0.496 e. The molecule has 2 aromatic rings. The van der Waals surface area contributed by atoms with Crippen LogP contribution in [0.2, 0.25) is 0 Å². The summed E-state index contributed by atoms with van der Waals surface area (Å²) in [6, 6.07) is 14.1. The van der Waals surface area contributed by atoms with Crippen molar-refractivity contribution >= 4 is 0 Å². The molecule has 0 amide bonds.